The van der Waals surface area contributed by atoms with E-state index in [2.05, 4.69) is 5.32 Å². The van der Waals surface area contributed by atoms with Crippen LogP contribution < -0.4 is 5.32 Å². The van der Waals surface area contributed by atoms with E-state index in [1.54, 1.807) is 12.1 Å². The van der Waals surface area contributed by atoms with Crippen molar-refractivity contribution in [3.63, 3.8) is 0 Å². The number of hydrogen-bond donors (Lipinski definition) is 1. The molecule has 0 saturated heterocycles. The van der Waals surface area contributed by atoms with Crippen LogP contribution >= 0.6 is 11.6 Å². The highest BCUT2D eigenvalue weighted by Crippen LogP contribution is 2.25. The molecule has 1 amide bonds. The number of carbonyl (C=O) groups is 1. The molecule has 0 fully saturated rings. The second-order valence-corrected chi connectivity index (χ2v) is 9.27. The number of carbonyl (C=O) groups excluding carboxylic acids is 1. The number of nitro benzene ring substituents is 1. The number of hydrogen-bond acceptors (Lipinski definition) is 5. The van der Waals surface area contributed by atoms with Crippen LogP contribution in [0.3, 0.4) is 0 Å². The third-order valence-corrected chi connectivity index (χ3v) is 5.45. The van der Waals surface area contributed by atoms with E-state index in [0.29, 0.717) is 5.02 Å². The van der Waals surface area contributed by atoms with Gasteiger partial charge in [-0.2, -0.15) is 0 Å². The maximum Gasteiger partial charge on any atom is 0.271 e. The molecule has 27 heavy (non-hydrogen) atoms. The number of halogens is 1. The third-order valence-electron chi connectivity index (χ3n) is 4.11. The van der Waals surface area contributed by atoms with E-state index in [9.17, 15) is 23.3 Å². The van der Waals surface area contributed by atoms with Crippen molar-refractivity contribution in [2.75, 3.05) is 12.8 Å². The number of nitrogens with one attached hydrogen (secondary N) is 1. The summed E-state index contributed by atoms with van der Waals surface area (Å²) >= 11 is 5.89. The summed E-state index contributed by atoms with van der Waals surface area (Å²) in [6.45, 7) is 4.09. The van der Waals surface area contributed by atoms with Gasteiger partial charge in [0.15, 0.2) is 9.84 Å². The number of amides is 1. The summed E-state index contributed by atoms with van der Waals surface area (Å²) in [5.41, 5.74) is -0.0275. The van der Waals surface area contributed by atoms with Gasteiger partial charge in [0.2, 0.25) is 0 Å². The van der Waals surface area contributed by atoms with Crippen molar-refractivity contribution in [3.8, 4) is 0 Å². The van der Waals surface area contributed by atoms with E-state index in [1.165, 1.54) is 0 Å². The molecule has 0 aliphatic heterocycles. The molecule has 7 nitrogen and oxygen atoms in total. The number of sulfone groups is 1. The van der Waals surface area contributed by atoms with Crippen LogP contribution in [0.25, 0.3) is 0 Å². The molecule has 2 aromatic carbocycles. The third kappa shape index (κ3) is 5.27. The van der Waals surface area contributed by atoms with Crippen LogP contribution in [0.15, 0.2) is 47.4 Å². The first-order valence-corrected chi connectivity index (χ1v) is 10.2. The molecule has 0 saturated carbocycles. The first-order valence-electron chi connectivity index (χ1n) is 7.94. The van der Waals surface area contributed by atoms with E-state index >= 15 is 0 Å². The minimum absolute atomic E-state index is 0.0865. The maximum atomic E-state index is 12.5. The first kappa shape index (κ1) is 20.9. The Morgan fingerprint density at radius 1 is 1.19 bits per heavy atom. The lowest BCUT2D eigenvalue weighted by molar-refractivity contribution is -0.385. The molecule has 0 aromatic heterocycles. The number of rotatable bonds is 6. The Morgan fingerprint density at radius 2 is 1.78 bits per heavy atom. The van der Waals surface area contributed by atoms with Crippen LogP contribution in [0.4, 0.5) is 5.69 Å². The van der Waals surface area contributed by atoms with Gasteiger partial charge in [0.05, 0.1) is 9.82 Å². The quantitative estimate of drug-likeness (QED) is 0.580. The predicted octanol–water partition coefficient (Wildman–Crippen LogP) is 3.36. The SMILES string of the molecule is CC(C)(CNC(=O)c1cc([N+](=O)[O-])cc(S(C)(=O)=O)c1)c1ccc(Cl)cc1. The standard InChI is InChI=1S/C18H19ClN2O5S/c1-18(2,13-4-6-14(19)7-5-13)11-20-17(22)12-8-15(21(23)24)10-16(9-12)27(3,25)26/h4-10H,11H2,1-3H3,(H,20,22). The molecule has 144 valence electrons. The smallest absolute Gasteiger partial charge is 0.271 e. The molecule has 1 N–H and O–H groups in total. The summed E-state index contributed by atoms with van der Waals surface area (Å²) in [4.78, 5) is 22.5. The molecule has 0 heterocycles. The lowest BCUT2D eigenvalue weighted by atomic mass is 9.84. The fourth-order valence-electron chi connectivity index (χ4n) is 2.44. The topological polar surface area (TPSA) is 106 Å². The Hall–Kier alpha value is -2.45. The number of benzene rings is 2. The van der Waals surface area contributed by atoms with E-state index in [1.807, 2.05) is 26.0 Å². The normalized spacial score (nSPS) is 11.9. The number of non-ortho nitro benzene ring substituents is 1. The zero-order chi connectivity index (χ0) is 20.4. The molecule has 0 bridgehead atoms. The molecule has 0 radical (unpaired) electrons. The van der Waals surface area contributed by atoms with Gasteiger partial charge in [-0.3, -0.25) is 14.9 Å². The van der Waals surface area contributed by atoms with Crippen LogP contribution in [0.2, 0.25) is 5.02 Å². The van der Waals surface area contributed by atoms with Gasteiger partial charge in [0, 0.05) is 40.9 Å². The van der Waals surface area contributed by atoms with Crippen LogP contribution in [-0.2, 0) is 15.3 Å². The van der Waals surface area contributed by atoms with Crippen molar-refractivity contribution < 1.29 is 18.1 Å². The van der Waals surface area contributed by atoms with Gasteiger partial charge in [-0.1, -0.05) is 37.6 Å². The Kier molecular flexibility index (Phi) is 5.91. The largest absolute Gasteiger partial charge is 0.351 e. The van der Waals surface area contributed by atoms with Crippen LogP contribution in [0, 0.1) is 10.1 Å². The average molecular weight is 411 g/mol. The highest BCUT2D eigenvalue weighted by atomic mass is 35.5. The lowest BCUT2D eigenvalue weighted by Gasteiger charge is -2.25. The summed E-state index contributed by atoms with van der Waals surface area (Å²) in [7, 11) is -3.70. The van der Waals surface area contributed by atoms with Crippen molar-refractivity contribution in [2.24, 2.45) is 0 Å². The van der Waals surface area contributed by atoms with Crippen molar-refractivity contribution >= 4 is 33.0 Å². The second-order valence-electron chi connectivity index (χ2n) is 6.82. The van der Waals surface area contributed by atoms with Gasteiger partial charge in [0.1, 0.15) is 0 Å². The highest BCUT2D eigenvalue weighted by molar-refractivity contribution is 7.90. The average Bonchev–Trinajstić information content (AvgIpc) is 2.59. The molecule has 2 rings (SSSR count). The van der Waals surface area contributed by atoms with E-state index < -0.39 is 31.8 Å². The first-order chi connectivity index (χ1) is 12.4. The van der Waals surface area contributed by atoms with Crippen molar-refractivity contribution in [2.45, 2.75) is 24.2 Å². The maximum absolute atomic E-state index is 12.5. The molecule has 0 aliphatic rings. The summed E-state index contributed by atoms with van der Waals surface area (Å²) in [6.07, 6.45) is 0.928. The van der Waals surface area contributed by atoms with E-state index in [0.717, 1.165) is 30.0 Å². The summed E-state index contributed by atoms with van der Waals surface area (Å²) in [6, 6.07) is 10.3. The van der Waals surface area contributed by atoms with Gasteiger partial charge in [-0.05, 0) is 23.8 Å². The zero-order valence-corrected chi connectivity index (χ0v) is 16.6. The Balaban J connectivity index is 2.26. The summed E-state index contributed by atoms with van der Waals surface area (Å²) in [5.74, 6) is -0.592. The van der Waals surface area contributed by atoms with Crippen LogP contribution in [0.1, 0.15) is 29.8 Å². The second kappa shape index (κ2) is 7.66. The van der Waals surface area contributed by atoms with Crippen molar-refractivity contribution in [3.05, 3.63) is 68.7 Å². The Morgan fingerprint density at radius 3 is 2.30 bits per heavy atom. The monoisotopic (exact) mass is 410 g/mol. The molecular formula is C18H19ClN2O5S. The fourth-order valence-corrected chi connectivity index (χ4v) is 3.24. The van der Waals surface area contributed by atoms with Crippen molar-refractivity contribution in [1.29, 1.82) is 0 Å². The minimum atomic E-state index is -3.70. The Bertz CT molecular complexity index is 985. The predicted molar refractivity (Wildman–Crippen MR) is 103 cm³/mol. The molecule has 0 atom stereocenters. The summed E-state index contributed by atoms with van der Waals surface area (Å²) in [5, 5.41) is 14.4. The van der Waals surface area contributed by atoms with Crippen LogP contribution in [-0.4, -0.2) is 32.0 Å². The van der Waals surface area contributed by atoms with Crippen molar-refractivity contribution in [1.82, 2.24) is 5.32 Å². The number of nitrogens with zero attached hydrogens (tertiary/aromatic N) is 1. The lowest BCUT2D eigenvalue weighted by Crippen LogP contribution is -2.36. The van der Waals surface area contributed by atoms with Gasteiger partial charge in [-0.25, -0.2) is 8.42 Å². The molecule has 0 spiro atoms. The van der Waals surface area contributed by atoms with Gasteiger partial charge in [0.25, 0.3) is 11.6 Å². The molecule has 2 aromatic rings. The highest BCUT2D eigenvalue weighted by Gasteiger charge is 2.23. The number of nitro groups is 1. The fraction of sp³-hybridized carbons (Fsp3) is 0.278. The van der Waals surface area contributed by atoms with Gasteiger partial charge < -0.3 is 5.32 Å². The molecule has 0 aliphatic carbocycles. The van der Waals surface area contributed by atoms with Gasteiger partial charge >= 0.3 is 0 Å². The van der Waals surface area contributed by atoms with Gasteiger partial charge in [-0.15, -0.1) is 0 Å². The van der Waals surface area contributed by atoms with Crippen LogP contribution in [0.5, 0.6) is 0 Å². The summed E-state index contributed by atoms with van der Waals surface area (Å²) < 4.78 is 23.5. The zero-order valence-electron chi connectivity index (χ0n) is 15.0. The minimum Gasteiger partial charge on any atom is -0.351 e. The van der Waals surface area contributed by atoms with E-state index in [-0.39, 0.29) is 17.0 Å². The molecule has 9 heteroatoms. The molecule has 0 unspecified atom stereocenters. The van der Waals surface area contributed by atoms with E-state index in [4.69, 9.17) is 11.6 Å². The Labute approximate surface area is 162 Å². The molecular weight excluding hydrogens is 392 g/mol.